The van der Waals surface area contributed by atoms with Gasteiger partial charge in [0.2, 0.25) is 11.8 Å². The van der Waals surface area contributed by atoms with Crippen LogP contribution in [0.25, 0.3) is 0 Å². The molecular formula is C7H10N2O2. The van der Waals surface area contributed by atoms with E-state index in [1.54, 1.807) is 0 Å². The lowest BCUT2D eigenvalue weighted by molar-refractivity contribution is -0.149. The molecule has 0 aliphatic carbocycles. The smallest absolute Gasteiger partial charge is 0.248 e. The van der Waals surface area contributed by atoms with E-state index in [4.69, 9.17) is 0 Å². The van der Waals surface area contributed by atoms with Crippen LogP contribution in [0.15, 0.2) is 0 Å². The minimum atomic E-state index is -0.0423. The van der Waals surface area contributed by atoms with Crippen LogP contribution in [0.5, 0.6) is 0 Å². The molecule has 2 aliphatic heterocycles. The van der Waals surface area contributed by atoms with Crippen molar-refractivity contribution in [3.63, 3.8) is 0 Å². The highest BCUT2D eigenvalue weighted by Gasteiger charge is 2.43. The van der Waals surface area contributed by atoms with E-state index in [1.165, 1.54) is 5.01 Å². The maximum Gasteiger partial charge on any atom is 0.248 e. The molecule has 2 fully saturated rings. The zero-order valence-electron chi connectivity index (χ0n) is 6.41. The van der Waals surface area contributed by atoms with Crippen molar-refractivity contribution in [2.45, 2.75) is 13.3 Å². The first-order chi connectivity index (χ1) is 5.20. The molecule has 2 saturated heterocycles. The van der Waals surface area contributed by atoms with E-state index < -0.39 is 0 Å². The molecule has 2 heterocycles. The molecule has 1 atom stereocenters. The largest absolute Gasteiger partial charge is 0.273 e. The Kier molecular flexibility index (Phi) is 1.26. The molecule has 4 heteroatoms. The van der Waals surface area contributed by atoms with Crippen molar-refractivity contribution in [3.05, 3.63) is 0 Å². The Morgan fingerprint density at radius 1 is 1.45 bits per heavy atom. The van der Waals surface area contributed by atoms with Gasteiger partial charge in [-0.15, -0.1) is 0 Å². The summed E-state index contributed by atoms with van der Waals surface area (Å²) in [5.41, 5.74) is 0. The molecule has 0 aromatic heterocycles. The average Bonchev–Trinajstić information content (AvgIpc) is 2.41. The third-order valence-electron chi connectivity index (χ3n) is 2.22. The van der Waals surface area contributed by atoms with Crippen LogP contribution in [0.4, 0.5) is 0 Å². The Morgan fingerprint density at radius 3 is 2.82 bits per heavy atom. The van der Waals surface area contributed by atoms with Gasteiger partial charge in [-0.3, -0.25) is 9.59 Å². The summed E-state index contributed by atoms with van der Waals surface area (Å²) in [4.78, 5) is 22.3. The van der Waals surface area contributed by atoms with Crippen LogP contribution in [0.1, 0.15) is 13.3 Å². The quantitative estimate of drug-likeness (QED) is 0.446. The molecular weight excluding hydrogens is 144 g/mol. The van der Waals surface area contributed by atoms with E-state index in [2.05, 4.69) is 0 Å². The summed E-state index contributed by atoms with van der Waals surface area (Å²) >= 11 is 0. The van der Waals surface area contributed by atoms with Crippen molar-refractivity contribution < 1.29 is 9.59 Å². The van der Waals surface area contributed by atoms with Crippen LogP contribution in [-0.2, 0) is 9.59 Å². The van der Waals surface area contributed by atoms with Crippen molar-refractivity contribution in [2.24, 2.45) is 5.92 Å². The number of imide groups is 1. The van der Waals surface area contributed by atoms with E-state index in [0.29, 0.717) is 13.0 Å². The van der Waals surface area contributed by atoms with Crippen LogP contribution in [0.2, 0.25) is 0 Å². The fraction of sp³-hybridized carbons (Fsp3) is 0.714. The SMILES string of the molecule is CC1CN2CCC(=O)N2C1=O. The molecule has 2 aliphatic rings. The summed E-state index contributed by atoms with van der Waals surface area (Å²) in [5, 5.41) is 3.12. The molecule has 4 nitrogen and oxygen atoms in total. The Morgan fingerprint density at radius 2 is 2.18 bits per heavy atom. The number of hydrazine groups is 1. The maximum atomic E-state index is 11.3. The van der Waals surface area contributed by atoms with E-state index in [-0.39, 0.29) is 17.7 Å². The van der Waals surface area contributed by atoms with Gasteiger partial charge in [-0.25, -0.2) is 10.0 Å². The molecule has 1 unspecified atom stereocenters. The second-order valence-corrected chi connectivity index (χ2v) is 3.11. The fourth-order valence-corrected chi connectivity index (χ4v) is 1.63. The Balaban J connectivity index is 2.26. The standard InChI is InChI=1S/C7H10N2O2/c1-5-4-8-3-2-6(10)9(8)7(5)11/h5H,2-4H2,1H3. The van der Waals surface area contributed by atoms with Gasteiger partial charge >= 0.3 is 0 Å². The predicted octanol–water partition coefficient (Wildman–Crippen LogP) is -0.388. The average molecular weight is 154 g/mol. The van der Waals surface area contributed by atoms with Gasteiger partial charge in [0.05, 0.1) is 5.92 Å². The minimum Gasteiger partial charge on any atom is -0.273 e. The number of amides is 2. The van der Waals surface area contributed by atoms with Crippen LogP contribution in [-0.4, -0.2) is 34.9 Å². The summed E-state index contributed by atoms with van der Waals surface area (Å²) < 4.78 is 0. The number of hydrogen-bond donors (Lipinski definition) is 0. The van der Waals surface area contributed by atoms with Crippen LogP contribution >= 0.6 is 0 Å². The number of hydrogen-bond acceptors (Lipinski definition) is 3. The Hall–Kier alpha value is -0.900. The molecule has 0 aromatic carbocycles. The van der Waals surface area contributed by atoms with Crippen molar-refractivity contribution in [2.75, 3.05) is 13.1 Å². The van der Waals surface area contributed by atoms with E-state index in [0.717, 1.165) is 6.54 Å². The number of fused-ring (bicyclic) bond motifs is 1. The zero-order valence-corrected chi connectivity index (χ0v) is 6.41. The summed E-state index contributed by atoms with van der Waals surface area (Å²) in [5.74, 6) is -0.0777. The normalized spacial score (nSPS) is 31.7. The first-order valence-corrected chi connectivity index (χ1v) is 3.82. The van der Waals surface area contributed by atoms with Crippen molar-refractivity contribution in [3.8, 4) is 0 Å². The van der Waals surface area contributed by atoms with Gasteiger partial charge in [0.1, 0.15) is 0 Å². The van der Waals surface area contributed by atoms with Crippen molar-refractivity contribution in [1.29, 1.82) is 0 Å². The Labute approximate surface area is 64.7 Å². The van der Waals surface area contributed by atoms with E-state index >= 15 is 0 Å². The zero-order chi connectivity index (χ0) is 8.01. The lowest BCUT2D eigenvalue weighted by Gasteiger charge is -2.14. The maximum absolute atomic E-state index is 11.3. The number of carbonyl (C=O) groups is 2. The molecule has 0 bridgehead atoms. The monoisotopic (exact) mass is 154 g/mol. The molecule has 0 spiro atoms. The molecule has 11 heavy (non-hydrogen) atoms. The Bertz CT molecular complexity index is 226. The van der Waals surface area contributed by atoms with E-state index in [9.17, 15) is 9.59 Å². The highest BCUT2D eigenvalue weighted by molar-refractivity contribution is 5.98. The molecule has 2 amide bonds. The summed E-state index contributed by atoms with van der Waals surface area (Å²) in [7, 11) is 0. The third kappa shape index (κ3) is 0.790. The van der Waals surface area contributed by atoms with E-state index in [1.807, 2.05) is 11.9 Å². The third-order valence-corrected chi connectivity index (χ3v) is 2.22. The van der Waals surface area contributed by atoms with Gasteiger partial charge < -0.3 is 0 Å². The number of nitrogens with zero attached hydrogens (tertiary/aromatic N) is 2. The molecule has 2 rings (SSSR count). The summed E-state index contributed by atoms with van der Waals surface area (Å²) in [6.07, 6.45) is 0.498. The molecule has 0 radical (unpaired) electrons. The van der Waals surface area contributed by atoms with Crippen LogP contribution in [0.3, 0.4) is 0 Å². The molecule has 0 aromatic rings. The summed E-state index contributed by atoms with van der Waals surface area (Å²) in [6.45, 7) is 3.29. The predicted molar refractivity (Wildman–Crippen MR) is 37.2 cm³/mol. The summed E-state index contributed by atoms with van der Waals surface area (Å²) in [6, 6.07) is 0. The first kappa shape index (κ1) is 6.79. The number of carbonyl (C=O) groups excluding carboxylic acids is 2. The van der Waals surface area contributed by atoms with Crippen LogP contribution < -0.4 is 0 Å². The van der Waals surface area contributed by atoms with Gasteiger partial charge in [-0.1, -0.05) is 6.92 Å². The first-order valence-electron chi connectivity index (χ1n) is 3.82. The van der Waals surface area contributed by atoms with Crippen molar-refractivity contribution >= 4 is 11.8 Å². The van der Waals surface area contributed by atoms with Gasteiger partial charge in [-0.2, -0.15) is 0 Å². The fourth-order valence-electron chi connectivity index (χ4n) is 1.63. The minimum absolute atomic E-state index is 0.000694. The van der Waals surface area contributed by atoms with Gasteiger partial charge in [0, 0.05) is 19.5 Å². The lowest BCUT2D eigenvalue weighted by atomic mass is 10.2. The van der Waals surface area contributed by atoms with Gasteiger partial charge in [0.25, 0.3) is 0 Å². The highest BCUT2D eigenvalue weighted by Crippen LogP contribution is 2.23. The lowest BCUT2D eigenvalue weighted by Crippen LogP contribution is -2.35. The number of rotatable bonds is 0. The second-order valence-electron chi connectivity index (χ2n) is 3.11. The highest BCUT2D eigenvalue weighted by atomic mass is 16.2. The van der Waals surface area contributed by atoms with Crippen molar-refractivity contribution in [1.82, 2.24) is 10.0 Å². The van der Waals surface area contributed by atoms with Crippen LogP contribution in [0, 0.1) is 5.92 Å². The second kappa shape index (κ2) is 2.04. The molecule has 0 N–H and O–H groups in total. The van der Waals surface area contributed by atoms with Gasteiger partial charge in [0.15, 0.2) is 0 Å². The topological polar surface area (TPSA) is 40.6 Å². The molecule has 60 valence electrons. The molecule has 0 saturated carbocycles. The van der Waals surface area contributed by atoms with Gasteiger partial charge in [-0.05, 0) is 0 Å².